The molecule has 2 atom stereocenters. The maximum atomic E-state index is 12.7. The fraction of sp³-hybridized carbons (Fsp3) is 0.161. The van der Waals surface area contributed by atoms with Gasteiger partial charge in [0.2, 0.25) is 11.9 Å². The number of likely N-dealkylation sites (N-methyl/N-ethyl adjacent to an activating group) is 1. The summed E-state index contributed by atoms with van der Waals surface area (Å²) in [7, 11) is -12.1. The standard InChI is InChI=1S/C28H30N8O12S2.C28H25N5O8S/c1-12-11-36(13(2)10-35(12)3)27-30-26(31-28(42)32-27)29-19-9-18(49(43,44)45)7-14-8-20(50(46,47)48)22(23(37)21(14)19)34-33-17-5-15(24(38)39)4-16(6-17)25(40)41;29-19-6-5-18-12-26(42(37,38)39)27(28(34)23(18)13-19)33-32-25-8-7-24(21-3-1-2-4-22(21)25)31-30-20-10-16(14-40-35)9-17(11-20)15-41-36/h4-9,12-13,37,46-48H,10-11H2,1-3H3,(H,38,39)(H,40,41)(H,43,44,45)(H2,29,30,31,32,42);1-13,34-39H,14-15,29H2. The number of aromatic amines is 1. The monoisotopic (exact) mass is 1330 g/mol. The fourth-order valence-electron chi connectivity index (χ4n) is 9.74. The molecule has 482 valence electrons. The van der Waals surface area contributed by atoms with Gasteiger partial charge in [-0.05, 0) is 122 Å². The second-order valence-corrected chi connectivity index (χ2v) is 25.0. The molecule has 17 N–H and O–H groups in total. The first-order chi connectivity index (χ1) is 43.4. The number of nitrogens with two attached hydrogens (primary N) is 1. The van der Waals surface area contributed by atoms with Gasteiger partial charge in [-0.2, -0.15) is 28.6 Å². The number of carboxylic acid groups (broad SMARTS) is 2. The van der Waals surface area contributed by atoms with Crippen LogP contribution in [0.15, 0.2) is 165 Å². The largest absolute Gasteiger partial charge is 0.505 e. The van der Waals surface area contributed by atoms with E-state index in [-0.39, 0.29) is 65.0 Å². The van der Waals surface area contributed by atoms with Crippen LogP contribution in [-0.4, -0.2) is 135 Å². The van der Waals surface area contributed by atoms with Gasteiger partial charge in [0.15, 0.2) is 11.5 Å². The van der Waals surface area contributed by atoms with Crippen molar-refractivity contribution >= 4 is 134 Å². The molecule has 92 heavy (non-hydrogen) atoms. The van der Waals surface area contributed by atoms with Crippen LogP contribution in [0.1, 0.15) is 45.7 Å². The van der Waals surface area contributed by atoms with Crippen molar-refractivity contribution in [2.24, 2.45) is 30.7 Å². The zero-order valence-corrected chi connectivity index (χ0v) is 50.3. The van der Waals surface area contributed by atoms with Crippen molar-refractivity contribution in [1.82, 2.24) is 19.9 Å². The van der Waals surface area contributed by atoms with E-state index in [1.807, 2.05) is 20.9 Å². The highest BCUT2D eigenvalue weighted by molar-refractivity contribution is 8.19. The van der Waals surface area contributed by atoms with E-state index in [9.17, 15) is 75.1 Å². The third-order valence-electron chi connectivity index (χ3n) is 14.1. The molecule has 2 unspecified atom stereocenters. The summed E-state index contributed by atoms with van der Waals surface area (Å²) in [5, 5.41) is 87.4. The summed E-state index contributed by atoms with van der Waals surface area (Å²) in [4.78, 5) is 56.7. The van der Waals surface area contributed by atoms with Gasteiger partial charge in [0, 0.05) is 52.4 Å². The molecule has 9 aromatic rings. The van der Waals surface area contributed by atoms with E-state index in [0.717, 1.165) is 36.4 Å². The first-order valence-corrected chi connectivity index (χ1v) is 31.0. The van der Waals surface area contributed by atoms with Crippen LogP contribution in [0.3, 0.4) is 0 Å². The van der Waals surface area contributed by atoms with E-state index in [0.29, 0.717) is 68.5 Å². The van der Waals surface area contributed by atoms with E-state index in [4.69, 9.17) is 16.2 Å². The highest BCUT2D eigenvalue weighted by atomic mass is 32.3. The van der Waals surface area contributed by atoms with Crippen LogP contribution in [-0.2, 0) is 33.1 Å². The zero-order chi connectivity index (χ0) is 66.7. The first-order valence-electron chi connectivity index (χ1n) is 26.5. The summed E-state index contributed by atoms with van der Waals surface area (Å²) in [5.74, 6) is -4.64. The number of aromatic nitrogens is 3. The Bertz CT molecular complexity index is 4610. The molecule has 1 saturated heterocycles. The van der Waals surface area contributed by atoms with Crippen molar-refractivity contribution in [3.05, 3.63) is 148 Å². The lowest BCUT2D eigenvalue weighted by molar-refractivity contribution is -0.254. The number of carboxylic acids is 2. The van der Waals surface area contributed by atoms with E-state index in [1.54, 1.807) is 71.6 Å². The Hall–Kier alpha value is -9.74. The predicted molar refractivity (Wildman–Crippen MR) is 336 cm³/mol. The number of hydrogen-bond donors (Lipinski definition) is 16. The number of phenols is 2. The number of aromatic carboxylic acids is 2. The summed E-state index contributed by atoms with van der Waals surface area (Å²) < 4.78 is 95.3. The number of benzene rings is 8. The van der Waals surface area contributed by atoms with Crippen LogP contribution in [0, 0.1) is 0 Å². The number of carbonyl (C=O) groups is 2. The molecule has 0 amide bonds. The number of piperazine rings is 1. The molecule has 0 spiro atoms. The lowest BCUT2D eigenvalue weighted by Gasteiger charge is -2.42. The minimum absolute atomic E-state index is 0.0264. The number of nitrogens with zero attached hydrogens (tertiary/aromatic N) is 10. The van der Waals surface area contributed by atoms with Crippen molar-refractivity contribution in [2.45, 2.75) is 53.8 Å². The normalized spacial score (nSPS) is 15.4. The van der Waals surface area contributed by atoms with E-state index in [2.05, 4.69) is 65.6 Å². The number of hydrogen-bond acceptors (Lipinski definition) is 29. The number of fused-ring (bicyclic) bond motifs is 3. The summed E-state index contributed by atoms with van der Waals surface area (Å²) in [6, 6.07) is 26.6. The Morgan fingerprint density at radius 2 is 1.18 bits per heavy atom. The number of anilines is 4. The van der Waals surface area contributed by atoms with Gasteiger partial charge in [0.1, 0.15) is 46.3 Å². The summed E-state index contributed by atoms with van der Waals surface area (Å²) in [5.41, 5.74) is 5.03. The van der Waals surface area contributed by atoms with Crippen molar-refractivity contribution < 1.29 is 90.6 Å². The van der Waals surface area contributed by atoms with Gasteiger partial charge in [-0.15, -0.1) is 20.5 Å². The number of azo groups is 3. The highest BCUT2D eigenvalue weighted by Crippen LogP contribution is 2.57. The van der Waals surface area contributed by atoms with Gasteiger partial charge < -0.3 is 63.7 Å². The lowest BCUT2D eigenvalue weighted by Crippen LogP contribution is -2.55. The smallest absolute Gasteiger partial charge is 0.351 e. The topological polar surface area (TPSA) is 527 Å². The number of H-pyrrole nitrogens is 1. The average molecular weight is 1330 g/mol. The molecule has 1 aliphatic rings. The maximum absolute atomic E-state index is 12.7. The Labute approximate surface area is 521 Å². The van der Waals surface area contributed by atoms with E-state index < -0.39 is 92.5 Å². The summed E-state index contributed by atoms with van der Waals surface area (Å²) in [6.45, 7) is 4.75. The van der Waals surface area contributed by atoms with E-state index >= 15 is 0 Å². The molecule has 10 rings (SSSR count). The number of phenolic OH excluding ortho intramolecular Hbond substituents is 2. The summed E-state index contributed by atoms with van der Waals surface area (Å²) in [6.07, 6.45) is 0. The minimum atomic E-state index is -4.96. The highest BCUT2D eigenvalue weighted by Gasteiger charge is 2.32. The Morgan fingerprint density at radius 1 is 0.641 bits per heavy atom. The van der Waals surface area contributed by atoms with Gasteiger partial charge in [-0.1, -0.05) is 36.4 Å². The van der Waals surface area contributed by atoms with Crippen LogP contribution >= 0.6 is 21.7 Å². The molecular weight excluding hydrogens is 1270 g/mol. The van der Waals surface area contributed by atoms with Crippen LogP contribution < -0.4 is 21.6 Å². The number of aromatic hydroxyl groups is 2. The second kappa shape index (κ2) is 27.0. The van der Waals surface area contributed by atoms with Crippen molar-refractivity contribution in [2.75, 3.05) is 36.1 Å². The lowest BCUT2D eigenvalue weighted by atomic mass is 10.1. The van der Waals surface area contributed by atoms with Crippen LogP contribution in [0.25, 0.3) is 32.3 Å². The van der Waals surface area contributed by atoms with Gasteiger partial charge in [-0.25, -0.2) is 24.2 Å². The molecule has 33 nitrogen and oxygen atoms in total. The van der Waals surface area contributed by atoms with Gasteiger partial charge in [0.25, 0.3) is 10.1 Å². The molecule has 8 aromatic carbocycles. The number of rotatable bonds is 18. The molecule has 0 radical (unpaired) electrons. The average Bonchev–Trinajstić information content (AvgIpc) is 0.757. The predicted octanol–water partition coefficient (Wildman–Crippen LogP) is 12.6. The molecule has 1 fully saturated rings. The van der Waals surface area contributed by atoms with E-state index in [1.165, 1.54) is 12.1 Å². The molecule has 0 saturated carbocycles. The van der Waals surface area contributed by atoms with Crippen LogP contribution in [0.2, 0.25) is 0 Å². The summed E-state index contributed by atoms with van der Waals surface area (Å²) >= 11 is 0. The van der Waals surface area contributed by atoms with Crippen LogP contribution in [0.5, 0.6) is 11.5 Å². The Morgan fingerprint density at radius 3 is 1.75 bits per heavy atom. The third-order valence-corrected chi connectivity index (χ3v) is 16.8. The van der Waals surface area contributed by atoms with Gasteiger partial charge in [0.05, 0.1) is 54.3 Å². The Balaban J connectivity index is 0.000000221. The zero-order valence-electron chi connectivity index (χ0n) is 47.9. The second-order valence-electron chi connectivity index (χ2n) is 20.6. The SMILES string of the molecule is CC1CN(c2nc(Nc3cc(S(=O)(=O)O)cc4cc(S(O)(O)O)c(N=Nc5cc(C(=O)O)cc(C(=O)O)c5)c(O)c34)[nH]c(=O)n2)C(C)CN1C.Nc1ccc2cc(S(O)(O)O)c(N=Nc3ccc(N=Nc4cc(COO)cc(COO)c4)c4ccccc34)c(O)c2c1. The molecular formula is C56H55N13O20S3. The fourth-order valence-corrected chi connectivity index (χ4v) is 11.6. The van der Waals surface area contributed by atoms with Crippen molar-refractivity contribution in [3.8, 4) is 11.5 Å². The number of nitrogen functional groups attached to an aromatic ring is 1. The molecule has 1 aliphatic heterocycles. The van der Waals surface area contributed by atoms with Crippen LogP contribution in [0.4, 0.5) is 57.4 Å². The van der Waals surface area contributed by atoms with Crippen molar-refractivity contribution in [3.63, 3.8) is 0 Å². The van der Waals surface area contributed by atoms with Gasteiger partial charge in [-0.3, -0.25) is 25.0 Å². The molecule has 0 aliphatic carbocycles. The maximum Gasteiger partial charge on any atom is 0.351 e. The molecule has 36 heteroatoms. The number of nitrogens with one attached hydrogen (secondary N) is 2. The molecule has 0 bridgehead atoms. The Kier molecular flexibility index (Phi) is 19.6. The van der Waals surface area contributed by atoms with Crippen molar-refractivity contribution in [1.29, 1.82) is 0 Å². The minimum Gasteiger partial charge on any atom is -0.505 e. The first kappa shape index (κ1) is 66.7. The third kappa shape index (κ3) is 15.2. The molecule has 2 heterocycles. The van der Waals surface area contributed by atoms with Gasteiger partial charge >= 0.3 is 17.6 Å². The quantitative estimate of drug-likeness (QED) is 0.0125. The molecule has 1 aromatic heterocycles.